The molecule has 0 aromatic heterocycles. The quantitative estimate of drug-likeness (QED) is 0.584. The lowest BCUT2D eigenvalue weighted by atomic mass is 9.94. The summed E-state index contributed by atoms with van der Waals surface area (Å²) in [6, 6.07) is 10.8. The molecule has 0 spiro atoms. The van der Waals surface area contributed by atoms with Crippen molar-refractivity contribution in [2.24, 2.45) is 11.8 Å². The van der Waals surface area contributed by atoms with Crippen molar-refractivity contribution < 1.29 is 0 Å². The van der Waals surface area contributed by atoms with Crippen LogP contribution < -0.4 is 11.3 Å². The first kappa shape index (κ1) is 10.7. The molecule has 2 rings (SSSR count). The van der Waals surface area contributed by atoms with Crippen LogP contribution in [0.25, 0.3) is 0 Å². The molecule has 0 amide bonds. The van der Waals surface area contributed by atoms with E-state index in [1.807, 2.05) is 6.07 Å². The second kappa shape index (κ2) is 5.29. The summed E-state index contributed by atoms with van der Waals surface area (Å²) in [5.41, 5.74) is 4.26. The van der Waals surface area contributed by atoms with Gasteiger partial charge in [0, 0.05) is 6.04 Å². The third-order valence-corrected chi connectivity index (χ3v) is 3.45. The van der Waals surface area contributed by atoms with E-state index in [1.54, 1.807) is 0 Å². The highest BCUT2D eigenvalue weighted by Crippen LogP contribution is 2.32. The number of nitrogens with one attached hydrogen (secondary N) is 1. The van der Waals surface area contributed by atoms with Crippen LogP contribution in [0.2, 0.25) is 0 Å². The van der Waals surface area contributed by atoms with Crippen LogP contribution in [-0.4, -0.2) is 0 Å². The smallest absolute Gasteiger partial charge is 0.0462 e. The normalized spacial score (nSPS) is 19.3. The third kappa shape index (κ3) is 2.80. The number of nitrogens with two attached hydrogens (primary N) is 1. The summed E-state index contributed by atoms with van der Waals surface area (Å²) in [5.74, 6) is 6.50. The molecule has 1 aliphatic carbocycles. The van der Waals surface area contributed by atoms with Crippen LogP contribution in [0.1, 0.15) is 43.7 Å². The fourth-order valence-electron chi connectivity index (χ4n) is 2.57. The predicted octanol–water partition coefficient (Wildman–Crippen LogP) is 2.77. The Balaban J connectivity index is 1.97. The molecule has 1 aromatic rings. The van der Waals surface area contributed by atoms with Gasteiger partial charge in [-0.15, -0.1) is 0 Å². The van der Waals surface area contributed by atoms with Crippen LogP contribution in [0, 0.1) is 5.92 Å². The Labute approximate surface area is 91.8 Å². The van der Waals surface area contributed by atoms with Gasteiger partial charge in [-0.05, 0) is 17.9 Å². The van der Waals surface area contributed by atoms with Crippen LogP contribution in [0.15, 0.2) is 30.3 Å². The molecule has 82 valence electrons. The second-order valence-corrected chi connectivity index (χ2v) is 4.52. The van der Waals surface area contributed by atoms with Crippen molar-refractivity contribution >= 4 is 0 Å². The van der Waals surface area contributed by atoms with Gasteiger partial charge in [0.25, 0.3) is 0 Å². The highest BCUT2D eigenvalue weighted by molar-refractivity contribution is 5.18. The van der Waals surface area contributed by atoms with Gasteiger partial charge in [-0.3, -0.25) is 11.3 Å². The molecule has 1 atom stereocenters. The first-order valence-corrected chi connectivity index (χ1v) is 5.91. The topological polar surface area (TPSA) is 38.0 Å². The zero-order valence-electron chi connectivity index (χ0n) is 9.15. The first-order chi connectivity index (χ1) is 7.40. The summed E-state index contributed by atoms with van der Waals surface area (Å²) in [6.07, 6.45) is 6.74. The largest absolute Gasteiger partial charge is 0.271 e. The van der Waals surface area contributed by atoms with Gasteiger partial charge in [0.2, 0.25) is 0 Å². The molecule has 2 nitrogen and oxygen atoms in total. The molecular formula is C13H20N2. The molecular weight excluding hydrogens is 184 g/mol. The highest BCUT2D eigenvalue weighted by atomic mass is 15.2. The lowest BCUT2D eigenvalue weighted by Gasteiger charge is -2.20. The number of hydrogen-bond donors (Lipinski definition) is 2. The van der Waals surface area contributed by atoms with Crippen molar-refractivity contribution in [2.75, 3.05) is 0 Å². The van der Waals surface area contributed by atoms with E-state index in [0.717, 1.165) is 5.92 Å². The van der Waals surface area contributed by atoms with Crippen LogP contribution >= 0.6 is 0 Å². The molecule has 0 bridgehead atoms. The Morgan fingerprint density at radius 1 is 1.20 bits per heavy atom. The molecule has 1 fully saturated rings. The molecule has 0 radical (unpaired) electrons. The molecule has 3 N–H and O–H groups in total. The lowest BCUT2D eigenvalue weighted by molar-refractivity contribution is 0.400. The van der Waals surface area contributed by atoms with Gasteiger partial charge in [0.05, 0.1) is 0 Å². The van der Waals surface area contributed by atoms with E-state index in [2.05, 4.69) is 29.7 Å². The van der Waals surface area contributed by atoms with Crippen molar-refractivity contribution in [3.63, 3.8) is 0 Å². The van der Waals surface area contributed by atoms with Crippen LogP contribution in [0.4, 0.5) is 0 Å². The maximum Gasteiger partial charge on any atom is 0.0462 e. The van der Waals surface area contributed by atoms with Gasteiger partial charge in [-0.2, -0.15) is 0 Å². The number of hydrazine groups is 1. The molecule has 0 aliphatic heterocycles. The summed E-state index contributed by atoms with van der Waals surface area (Å²) in [4.78, 5) is 0. The van der Waals surface area contributed by atoms with E-state index < -0.39 is 0 Å². The zero-order valence-corrected chi connectivity index (χ0v) is 9.15. The summed E-state index contributed by atoms with van der Waals surface area (Å²) in [6.45, 7) is 0. The zero-order chi connectivity index (χ0) is 10.5. The molecule has 2 heteroatoms. The minimum atomic E-state index is 0.328. The monoisotopic (exact) mass is 204 g/mol. The number of hydrogen-bond acceptors (Lipinski definition) is 2. The Hall–Kier alpha value is -0.860. The van der Waals surface area contributed by atoms with Gasteiger partial charge >= 0.3 is 0 Å². The van der Waals surface area contributed by atoms with Crippen molar-refractivity contribution in [2.45, 2.75) is 38.1 Å². The third-order valence-electron chi connectivity index (χ3n) is 3.45. The average Bonchev–Trinajstić information content (AvgIpc) is 2.80. The van der Waals surface area contributed by atoms with Gasteiger partial charge in [0.15, 0.2) is 0 Å². The van der Waals surface area contributed by atoms with E-state index >= 15 is 0 Å². The summed E-state index contributed by atoms with van der Waals surface area (Å²) in [7, 11) is 0. The first-order valence-electron chi connectivity index (χ1n) is 5.91. The standard InChI is InChI=1S/C13H20N2/c14-15-13(10-11-6-4-5-7-11)12-8-2-1-3-9-12/h1-3,8-9,11,13,15H,4-7,10,14H2. The maximum absolute atomic E-state index is 5.63. The van der Waals surface area contributed by atoms with Gasteiger partial charge in [0.1, 0.15) is 0 Å². The lowest BCUT2D eigenvalue weighted by Crippen LogP contribution is -2.29. The fourth-order valence-corrected chi connectivity index (χ4v) is 2.57. The Kier molecular flexibility index (Phi) is 3.75. The van der Waals surface area contributed by atoms with E-state index in [4.69, 9.17) is 5.84 Å². The molecule has 1 aromatic carbocycles. The van der Waals surface area contributed by atoms with Gasteiger partial charge in [-0.25, -0.2) is 0 Å². The van der Waals surface area contributed by atoms with E-state index in [0.29, 0.717) is 6.04 Å². The summed E-state index contributed by atoms with van der Waals surface area (Å²) >= 11 is 0. The Bertz CT molecular complexity index is 278. The molecule has 0 saturated heterocycles. The molecule has 0 heterocycles. The highest BCUT2D eigenvalue weighted by Gasteiger charge is 2.20. The molecule has 1 saturated carbocycles. The number of benzene rings is 1. The minimum Gasteiger partial charge on any atom is -0.271 e. The Morgan fingerprint density at radius 3 is 2.47 bits per heavy atom. The number of rotatable bonds is 4. The van der Waals surface area contributed by atoms with Crippen molar-refractivity contribution in [1.29, 1.82) is 0 Å². The van der Waals surface area contributed by atoms with Crippen LogP contribution in [-0.2, 0) is 0 Å². The van der Waals surface area contributed by atoms with E-state index in [-0.39, 0.29) is 0 Å². The summed E-state index contributed by atoms with van der Waals surface area (Å²) in [5, 5.41) is 0. The maximum atomic E-state index is 5.63. The minimum absolute atomic E-state index is 0.328. The molecule has 1 unspecified atom stereocenters. The van der Waals surface area contributed by atoms with Crippen molar-refractivity contribution in [3.8, 4) is 0 Å². The average molecular weight is 204 g/mol. The fraction of sp³-hybridized carbons (Fsp3) is 0.538. The van der Waals surface area contributed by atoms with Crippen LogP contribution in [0.3, 0.4) is 0 Å². The van der Waals surface area contributed by atoms with Crippen molar-refractivity contribution in [1.82, 2.24) is 5.43 Å². The van der Waals surface area contributed by atoms with Gasteiger partial charge < -0.3 is 0 Å². The van der Waals surface area contributed by atoms with Crippen LogP contribution in [0.5, 0.6) is 0 Å². The SMILES string of the molecule is NNC(CC1CCCC1)c1ccccc1. The van der Waals surface area contributed by atoms with E-state index in [1.165, 1.54) is 37.7 Å². The molecule has 1 aliphatic rings. The van der Waals surface area contributed by atoms with Gasteiger partial charge in [-0.1, -0.05) is 56.0 Å². The predicted molar refractivity (Wildman–Crippen MR) is 63.1 cm³/mol. The second-order valence-electron chi connectivity index (χ2n) is 4.52. The van der Waals surface area contributed by atoms with E-state index in [9.17, 15) is 0 Å². The molecule has 15 heavy (non-hydrogen) atoms. The summed E-state index contributed by atoms with van der Waals surface area (Å²) < 4.78 is 0. The Morgan fingerprint density at radius 2 is 1.87 bits per heavy atom. The van der Waals surface area contributed by atoms with Crippen molar-refractivity contribution in [3.05, 3.63) is 35.9 Å².